The van der Waals surface area contributed by atoms with Crippen LogP contribution >= 0.6 is 0 Å². The van der Waals surface area contributed by atoms with Crippen molar-refractivity contribution in [2.24, 2.45) is 0 Å². The second-order valence-electron chi connectivity index (χ2n) is 3.74. The van der Waals surface area contributed by atoms with Gasteiger partial charge in [0.1, 0.15) is 6.61 Å². The fraction of sp³-hybridized carbons (Fsp3) is 0.900. The van der Waals surface area contributed by atoms with Crippen LogP contribution in [-0.2, 0) is 14.3 Å². The van der Waals surface area contributed by atoms with Crippen LogP contribution in [0.3, 0.4) is 0 Å². The van der Waals surface area contributed by atoms with Crippen LogP contribution in [0.4, 0.5) is 0 Å². The van der Waals surface area contributed by atoms with Gasteiger partial charge in [-0.25, -0.2) is 0 Å². The molecule has 0 aliphatic carbocycles. The Labute approximate surface area is 79.4 Å². The summed E-state index contributed by atoms with van der Waals surface area (Å²) < 4.78 is 10.6. The first-order chi connectivity index (χ1) is 6.18. The van der Waals surface area contributed by atoms with Gasteiger partial charge in [-0.3, -0.25) is 4.79 Å². The molecule has 3 nitrogen and oxygen atoms in total. The van der Waals surface area contributed by atoms with E-state index in [1.807, 2.05) is 13.8 Å². The summed E-state index contributed by atoms with van der Waals surface area (Å²) in [4.78, 5) is 11.3. The van der Waals surface area contributed by atoms with E-state index >= 15 is 0 Å². The number of carbonyl (C=O) groups is 1. The second kappa shape index (κ2) is 5.35. The number of hydrogen-bond acceptors (Lipinski definition) is 3. The lowest BCUT2D eigenvalue weighted by molar-refractivity contribution is -0.127. The summed E-state index contributed by atoms with van der Waals surface area (Å²) in [6.45, 7) is 4.90. The Bertz CT molecular complexity index is 160. The molecule has 1 atom stereocenters. The van der Waals surface area contributed by atoms with Crippen molar-refractivity contribution in [2.45, 2.75) is 45.3 Å². The van der Waals surface area contributed by atoms with Gasteiger partial charge in [0.05, 0.1) is 12.2 Å². The number of Topliss-reactive ketones (excluding diaryl/α,β-unsaturated/α-hetero) is 1. The predicted molar refractivity (Wildman–Crippen MR) is 49.7 cm³/mol. The molecular weight excluding hydrogens is 168 g/mol. The van der Waals surface area contributed by atoms with Crippen molar-refractivity contribution < 1.29 is 14.3 Å². The quantitative estimate of drug-likeness (QED) is 0.653. The molecule has 1 aliphatic heterocycles. The van der Waals surface area contributed by atoms with E-state index in [1.165, 1.54) is 0 Å². The van der Waals surface area contributed by atoms with Crippen molar-refractivity contribution in [3.63, 3.8) is 0 Å². The van der Waals surface area contributed by atoms with Crippen molar-refractivity contribution in [3.8, 4) is 0 Å². The predicted octanol–water partition coefficient (Wildman–Crippen LogP) is 1.55. The van der Waals surface area contributed by atoms with Crippen molar-refractivity contribution in [2.75, 3.05) is 13.2 Å². The lowest BCUT2D eigenvalue weighted by Crippen LogP contribution is -2.18. The first kappa shape index (κ1) is 10.7. The van der Waals surface area contributed by atoms with Gasteiger partial charge in [0.25, 0.3) is 0 Å². The zero-order valence-electron chi connectivity index (χ0n) is 8.41. The zero-order valence-corrected chi connectivity index (χ0v) is 8.41. The molecule has 1 rings (SSSR count). The highest BCUT2D eigenvalue weighted by Gasteiger charge is 2.18. The van der Waals surface area contributed by atoms with Crippen LogP contribution in [-0.4, -0.2) is 31.2 Å². The standard InChI is InChI=1S/C10H18O3/c1-8(2)13-7-9(11)6-10-4-3-5-12-10/h8,10H,3-7H2,1-2H3. The van der Waals surface area contributed by atoms with Crippen LogP contribution in [0.5, 0.6) is 0 Å². The van der Waals surface area contributed by atoms with Crippen LogP contribution < -0.4 is 0 Å². The maximum Gasteiger partial charge on any atom is 0.161 e. The van der Waals surface area contributed by atoms with Gasteiger partial charge in [-0.2, -0.15) is 0 Å². The molecule has 1 fully saturated rings. The minimum atomic E-state index is 0.133. The molecule has 1 aliphatic rings. The van der Waals surface area contributed by atoms with Gasteiger partial charge in [0.15, 0.2) is 5.78 Å². The molecule has 0 aromatic heterocycles. The third kappa shape index (κ3) is 4.39. The maximum atomic E-state index is 11.3. The number of hydrogen-bond donors (Lipinski definition) is 0. The minimum Gasteiger partial charge on any atom is -0.378 e. The Morgan fingerprint density at radius 1 is 1.62 bits per heavy atom. The van der Waals surface area contributed by atoms with E-state index in [0.717, 1.165) is 19.4 Å². The molecular formula is C10H18O3. The van der Waals surface area contributed by atoms with E-state index in [2.05, 4.69) is 0 Å². The van der Waals surface area contributed by atoms with Crippen LogP contribution in [0.2, 0.25) is 0 Å². The summed E-state index contributed by atoms with van der Waals surface area (Å²) in [5, 5.41) is 0. The lowest BCUT2D eigenvalue weighted by Gasteiger charge is -2.09. The summed E-state index contributed by atoms with van der Waals surface area (Å²) in [6, 6.07) is 0. The van der Waals surface area contributed by atoms with E-state index in [-0.39, 0.29) is 24.6 Å². The summed E-state index contributed by atoms with van der Waals surface area (Å²) in [5.41, 5.74) is 0. The van der Waals surface area contributed by atoms with Crippen molar-refractivity contribution in [3.05, 3.63) is 0 Å². The van der Waals surface area contributed by atoms with Gasteiger partial charge in [0.2, 0.25) is 0 Å². The first-order valence-corrected chi connectivity index (χ1v) is 4.93. The smallest absolute Gasteiger partial charge is 0.161 e. The highest BCUT2D eigenvalue weighted by Crippen LogP contribution is 2.15. The second-order valence-corrected chi connectivity index (χ2v) is 3.74. The maximum absolute atomic E-state index is 11.3. The molecule has 76 valence electrons. The molecule has 1 heterocycles. The van der Waals surface area contributed by atoms with E-state index in [4.69, 9.17) is 9.47 Å². The number of ketones is 1. The van der Waals surface area contributed by atoms with Crippen LogP contribution in [0.25, 0.3) is 0 Å². The monoisotopic (exact) mass is 186 g/mol. The Kier molecular flexibility index (Phi) is 4.39. The molecule has 0 amide bonds. The van der Waals surface area contributed by atoms with E-state index in [1.54, 1.807) is 0 Å². The van der Waals surface area contributed by atoms with Gasteiger partial charge in [0, 0.05) is 13.0 Å². The third-order valence-electron chi connectivity index (χ3n) is 2.06. The number of ether oxygens (including phenoxy) is 2. The third-order valence-corrected chi connectivity index (χ3v) is 2.06. The first-order valence-electron chi connectivity index (χ1n) is 4.93. The minimum absolute atomic E-state index is 0.133. The van der Waals surface area contributed by atoms with Crippen LogP contribution in [0.15, 0.2) is 0 Å². The van der Waals surface area contributed by atoms with E-state index < -0.39 is 0 Å². The van der Waals surface area contributed by atoms with Crippen molar-refractivity contribution in [1.82, 2.24) is 0 Å². The van der Waals surface area contributed by atoms with Crippen molar-refractivity contribution in [1.29, 1.82) is 0 Å². The lowest BCUT2D eigenvalue weighted by atomic mass is 10.1. The molecule has 3 heteroatoms. The summed E-state index contributed by atoms with van der Waals surface area (Å²) >= 11 is 0. The SMILES string of the molecule is CC(C)OCC(=O)CC1CCCO1. The fourth-order valence-electron chi connectivity index (χ4n) is 1.38. The molecule has 0 spiro atoms. The summed E-state index contributed by atoms with van der Waals surface area (Å²) in [5.74, 6) is 0.153. The number of carbonyl (C=O) groups excluding carboxylic acids is 1. The van der Waals surface area contributed by atoms with E-state index in [0.29, 0.717) is 6.42 Å². The largest absolute Gasteiger partial charge is 0.378 e. The molecule has 1 unspecified atom stereocenters. The van der Waals surface area contributed by atoms with Crippen molar-refractivity contribution >= 4 is 5.78 Å². The number of rotatable bonds is 5. The van der Waals surface area contributed by atoms with Gasteiger partial charge in [-0.15, -0.1) is 0 Å². The topological polar surface area (TPSA) is 35.5 Å². The highest BCUT2D eigenvalue weighted by molar-refractivity contribution is 5.80. The Balaban J connectivity index is 2.09. The molecule has 1 saturated heterocycles. The Hall–Kier alpha value is -0.410. The van der Waals surface area contributed by atoms with Crippen LogP contribution in [0, 0.1) is 0 Å². The van der Waals surface area contributed by atoms with Gasteiger partial charge < -0.3 is 9.47 Å². The molecule has 0 bridgehead atoms. The highest BCUT2D eigenvalue weighted by atomic mass is 16.5. The van der Waals surface area contributed by atoms with Crippen LogP contribution in [0.1, 0.15) is 33.1 Å². The molecule has 0 radical (unpaired) electrons. The fourth-order valence-corrected chi connectivity index (χ4v) is 1.38. The summed E-state index contributed by atoms with van der Waals surface area (Å²) in [6.07, 6.45) is 2.92. The summed E-state index contributed by atoms with van der Waals surface area (Å²) in [7, 11) is 0. The molecule has 0 aromatic rings. The molecule has 0 saturated carbocycles. The zero-order chi connectivity index (χ0) is 9.68. The van der Waals surface area contributed by atoms with Gasteiger partial charge in [-0.1, -0.05) is 0 Å². The molecule has 0 N–H and O–H groups in total. The normalized spacial score (nSPS) is 22.5. The Morgan fingerprint density at radius 3 is 2.92 bits per heavy atom. The molecule has 13 heavy (non-hydrogen) atoms. The molecule has 0 aromatic carbocycles. The Morgan fingerprint density at radius 2 is 2.38 bits per heavy atom. The van der Waals surface area contributed by atoms with Gasteiger partial charge in [-0.05, 0) is 26.7 Å². The van der Waals surface area contributed by atoms with Gasteiger partial charge >= 0.3 is 0 Å². The van der Waals surface area contributed by atoms with E-state index in [9.17, 15) is 4.79 Å². The average molecular weight is 186 g/mol. The average Bonchev–Trinajstić information content (AvgIpc) is 2.53.